The maximum absolute atomic E-state index is 5.55. The van der Waals surface area contributed by atoms with E-state index in [1.807, 2.05) is 44.2 Å². The summed E-state index contributed by atoms with van der Waals surface area (Å²) in [7, 11) is 1.53. The number of para-hydroxylation sites is 1. The number of hydrogen-bond donors (Lipinski definition) is 0. The van der Waals surface area contributed by atoms with Gasteiger partial charge in [0.25, 0.3) is 0 Å². The quantitative estimate of drug-likeness (QED) is 0.414. The van der Waals surface area contributed by atoms with E-state index in [0.717, 1.165) is 24.3 Å². The molecule has 3 nitrogen and oxygen atoms in total. The highest BCUT2D eigenvalue weighted by atomic mass is 16.6. The summed E-state index contributed by atoms with van der Waals surface area (Å²) in [6.45, 7) is 8.33. The average molecular weight is 249 g/mol. The van der Waals surface area contributed by atoms with E-state index in [1.54, 1.807) is 6.08 Å². The first-order valence-corrected chi connectivity index (χ1v) is 6.27. The molecule has 0 aliphatic heterocycles. The van der Waals surface area contributed by atoms with Crippen molar-refractivity contribution in [2.45, 2.75) is 26.7 Å². The van der Waals surface area contributed by atoms with Crippen LogP contribution in [0.5, 0.6) is 5.75 Å². The first-order valence-electron chi connectivity index (χ1n) is 6.27. The number of allylic oxidation sites excluding steroid dienone is 1. The molecule has 0 unspecified atom stereocenters. The van der Waals surface area contributed by atoms with Crippen molar-refractivity contribution in [1.82, 2.24) is 0 Å². The van der Waals surface area contributed by atoms with Crippen molar-refractivity contribution in [3.8, 4) is 5.75 Å². The average Bonchev–Trinajstić information content (AvgIpc) is 2.45. The summed E-state index contributed by atoms with van der Waals surface area (Å²) in [5.74, 6) is 0.895. The zero-order valence-electron chi connectivity index (χ0n) is 11.6. The van der Waals surface area contributed by atoms with E-state index in [0.29, 0.717) is 6.61 Å². The monoisotopic (exact) mass is 249 g/mol. The Kier molecular flexibility index (Phi) is 10.6. The van der Waals surface area contributed by atoms with Crippen LogP contribution in [0.25, 0.3) is 0 Å². The van der Waals surface area contributed by atoms with Gasteiger partial charge in [-0.25, -0.2) is 0 Å². The van der Waals surface area contributed by atoms with Gasteiger partial charge in [-0.3, -0.25) is 0 Å². The smallest absolute Gasteiger partial charge is 0.119 e. The minimum Gasteiger partial charge on any atom is -0.494 e. The number of hydrogen-bond acceptors (Lipinski definition) is 3. The van der Waals surface area contributed by atoms with Crippen LogP contribution in [0, 0.1) is 0 Å². The van der Waals surface area contributed by atoms with Crippen LogP contribution in [0.2, 0.25) is 0 Å². The number of benzene rings is 1. The van der Waals surface area contributed by atoms with E-state index >= 15 is 0 Å². The molecule has 1 aromatic carbocycles. The highest BCUT2D eigenvalue weighted by Gasteiger charge is 1.96. The summed E-state index contributed by atoms with van der Waals surface area (Å²) in [6, 6.07) is 9.76. The molecular weight excluding hydrogens is 226 g/mol. The van der Waals surface area contributed by atoms with Gasteiger partial charge in [-0.1, -0.05) is 43.8 Å². The molecule has 1 rings (SSSR count). The normalized spacial score (nSPS) is 10.1. The molecule has 0 N–H and O–H groups in total. The van der Waals surface area contributed by atoms with Gasteiger partial charge in [0, 0.05) is 0 Å². The molecule has 0 aliphatic rings. The minimum absolute atomic E-state index is 0.667. The van der Waals surface area contributed by atoms with E-state index in [-0.39, 0.29) is 0 Å². The van der Waals surface area contributed by atoms with E-state index < -0.39 is 0 Å². The Labute approximate surface area is 110 Å². The number of nitrogens with zero attached hydrogens (tertiary/aromatic N) is 1. The molecule has 0 saturated carbocycles. The van der Waals surface area contributed by atoms with Gasteiger partial charge in [-0.15, -0.1) is 0 Å². The predicted octanol–water partition coefficient (Wildman–Crippen LogP) is 4.06. The second-order valence-electron chi connectivity index (χ2n) is 3.23. The van der Waals surface area contributed by atoms with Gasteiger partial charge in [-0.05, 0) is 31.1 Å². The van der Waals surface area contributed by atoms with Gasteiger partial charge in [0.1, 0.15) is 12.9 Å². The van der Waals surface area contributed by atoms with Gasteiger partial charge in [0.2, 0.25) is 0 Å². The molecule has 3 heteroatoms. The van der Waals surface area contributed by atoms with E-state index in [4.69, 9.17) is 4.74 Å². The molecule has 18 heavy (non-hydrogen) atoms. The summed E-state index contributed by atoms with van der Waals surface area (Å²) in [6.07, 6.45) is 3.40. The molecule has 0 aliphatic carbocycles. The fraction of sp³-hybridized carbons (Fsp3) is 0.400. The first kappa shape index (κ1) is 16.2. The lowest BCUT2D eigenvalue weighted by atomic mass is 10.2. The number of oxime groups is 1. The molecule has 0 bridgehead atoms. The minimum atomic E-state index is 0.667. The van der Waals surface area contributed by atoms with Crippen molar-refractivity contribution in [3.63, 3.8) is 0 Å². The first-order chi connectivity index (χ1) is 8.86. The van der Waals surface area contributed by atoms with Gasteiger partial charge < -0.3 is 9.57 Å². The Morgan fingerprint density at radius 3 is 2.50 bits per heavy atom. The molecule has 100 valence electrons. The standard InChI is InChI=1S/C13H17NO2.C2H6/c1-3-12(14-15-2)8-7-11-16-13-9-5-4-6-10-13;1-2/h3-6,9-10H,1,7-8,11H2,2H3;1-2H3/b14-12+;. The molecule has 1 aromatic rings. The van der Waals surface area contributed by atoms with Crippen molar-refractivity contribution >= 4 is 5.71 Å². The van der Waals surface area contributed by atoms with Crippen LogP contribution in [0.15, 0.2) is 48.1 Å². The van der Waals surface area contributed by atoms with Crippen LogP contribution in [0.3, 0.4) is 0 Å². The summed E-state index contributed by atoms with van der Waals surface area (Å²) in [5.41, 5.74) is 0.846. The summed E-state index contributed by atoms with van der Waals surface area (Å²) in [4.78, 5) is 4.69. The zero-order valence-corrected chi connectivity index (χ0v) is 11.6. The largest absolute Gasteiger partial charge is 0.494 e. The SMILES string of the molecule is C=C/C(CCCOc1ccccc1)=N\OC.CC. The fourth-order valence-electron chi connectivity index (χ4n) is 1.26. The third kappa shape index (κ3) is 7.49. The topological polar surface area (TPSA) is 30.8 Å². The molecule has 0 saturated heterocycles. The Balaban J connectivity index is 0.00000137. The van der Waals surface area contributed by atoms with Crippen LogP contribution in [-0.4, -0.2) is 19.4 Å². The molecule has 0 heterocycles. The van der Waals surface area contributed by atoms with Crippen LogP contribution in [0.4, 0.5) is 0 Å². The van der Waals surface area contributed by atoms with E-state index in [1.165, 1.54) is 7.11 Å². The molecule has 0 spiro atoms. The molecule has 0 atom stereocenters. The van der Waals surface area contributed by atoms with Crippen molar-refractivity contribution in [2.24, 2.45) is 5.16 Å². The molecule has 0 radical (unpaired) electrons. The van der Waals surface area contributed by atoms with Crippen LogP contribution in [-0.2, 0) is 4.84 Å². The van der Waals surface area contributed by atoms with Crippen molar-refractivity contribution < 1.29 is 9.57 Å². The highest BCUT2D eigenvalue weighted by molar-refractivity contribution is 5.93. The fourth-order valence-corrected chi connectivity index (χ4v) is 1.26. The number of ether oxygens (including phenoxy) is 1. The third-order valence-corrected chi connectivity index (χ3v) is 2.03. The number of rotatable bonds is 7. The summed E-state index contributed by atoms with van der Waals surface area (Å²) in [5, 5.41) is 3.83. The lowest BCUT2D eigenvalue weighted by molar-refractivity contribution is 0.212. The van der Waals surface area contributed by atoms with Gasteiger partial charge in [0.15, 0.2) is 0 Å². The molecule has 0 amide bonds. The Hall–Kier alpha value is -1.77. The summed E-state index contributed by atoms with van der Waals surface area (Å²) >= 11 is 0. The van der Waals surface area contributed by atoms with Gasteiger partial charge in [0.05, 0.1) is 12.3 Å². The molecular formula is C15H23NO2. The van der Waals surface area contributed by atoms with Gasteiger partial charge >= 0.3 is 0 Å². The van der Waals surface area contributed by atoms with Crippen LogP contribution >= 0.6 is 0 Å². The highest BCUT2D eigenvalue weighted by Crippen LogP contribution is 2.09. The Morgan fingerprint density at radius 1 is 1.28 bits per heavy atom. The third-order valence-electron chi connectivity index (χ3n) is 2.03. The molecule has 0 aromatic heterocycles. The molecule has 0 fully saturated rings. The lowest BCUT2D eigenvalue weighted by Gasteiger charge is -2.05. The Morgan fingerprint density at radius 2 is 1.94 bits per heavy atom. The van der Waals surface area contributed by atoms with Crippen molar-refractivity contribution in [2.75, 3.05) is 13.7 Å². The second kappa shape index (κ2) is 11.7. The van der Waals surface area contributed by atoms with Crippen molar-refractivity contribution in [1.29, 1.82) is 0 Å². The van der Waals surface area contributed by atoms with Crippen molar-refractivity contribution in [3.05, 3.63) is 43.0 Å². The second-order valence-corrected chi connectivity index (χ2v) is 3.23. The zero-order chi connectivity index (χ0) is 13.6. The predicted molar refractivity (Wildman–Crippen MR) is 77.2 cm³/mol. The van der Waals surface area contributed by atoms with E-state index in [9.17, 15) is 0 Å². The van der Waals surface area contributed by atoms with E-state index in [2.05, 4.69) is 16.6 Å². The summed E-state index contributed by atoms with van der Waals surface area (Å²) < 4.78 is 5.55. The lowest BCUT2D eigenvalue weighted by Crippen LogP contribution is -2.01. The van der Waals surface area contributed by atoms with Gasteiger partial charge in [-0.2, -0.15) is 0 Å². The van der Waals surface area contributed by atoms with Crippen LogP contribution < -0.4 is 4.74 Å². The maximum Gasteiger partial charge on any atom is 0.119 e. The Bertz CT molecular complexity index is 334. The van der Waals surface area contributed by atoms with Crippen LogP contribution in [0.1, 0.15) is 26.7 Å². The maximum atomic E-state index is 5.55.